The van der Waals surface area contributed by atoms with Gasteiger partial charge in [-0.1, -0.05) is 36.5 Å². The minimum Gasteiger partial charge on any atom is -0.0840 e. The molecule has 0 heteroatoms. The number of hydrogen-bond acceptors (Lipinski definition) is 0. The summed E-state index contributed by atoms with van der Waals surface area (Å²) in [6.45, 7) is 0. The molecule has 4 aliphatic rings. The molecule has 16 heavy (non-hydrogen) atoms. The van der Waals surface area contributed by atoms with Gasteiger partial charge in [-0.05, 0) is 60.5 Å². The molecule has 0 bridgehead atoms. The third kappa shape index (κ3) is 1.10. The van der Waals surface area contributed by atoms with E-state index in [0.717, 1.165) is 23.7 Å². The fourth-order valence-electron chi connectivity index (χ4n) is 4.37. The summed E-state index contributed by atoms with van der Waals surface area (Å²) in [6.07, 6.45) is 19.8. The molecule has 82 valence electrons. The van der Waals surface area contributed by atoms with Crippen LogP contribution in [0.15, 0.2) is 47.6 Å². The Morgan fingerprint density at radius 3 is 1.75 bits per heavy atom. The zero-order valence-corrected chi connectivity index (χ0v) is 9.60. The molecule has 4 aliphatic carbocycles. The smallest absolute Gasteiger partial charge is 0.00591 e. The molecule has 0 amide bonds. The number of rotatable bonds is 0. The predicted molar refractivity (Wildman–Crippen MR) is 66.9 cm³/mol. The van der Waals surface area contributed by atoms with Gasteiger partial charge in [0.15, 0.2) is 0 Å². The van der Waals surface area contributed by atoms with E-state index < -0.39 is 0 Å². The summed E-state index contributed by atoms with van der Waals surface area (Å²) in [4.78, 5) is 0. The maximum atomic E-state index is 2.39. The second-order valence-electron chi connectivity index (χ2n) is 5.76. The first-order valence-electron chi connectivity index (χ1n) is 6.68. The van der Waals surface area contributed by atoms with Gasteiger partial charge in [-0.3, -0.25) is 0 Å². The van der Waals surface area contributed by atoms with Crippen LogP contribution in [0, 0.1) is 23.7 Å². The molecule has 0 aromatic carbocycles. The summed E-state index contributed by atoms with van der Waals surface area (Å²) < 4.78 is 0. The van der Waals surface area contributed by atoms with E-state index in [0.29, 0.717) is 0 Å². The van der Waals surface area contributed by atoms with Crippen molar-refractivity contribution >= 4 is 0 Å². The molecule has 0 spiro atoms. The van der Waals surface area contributed by atoms with Crippen LogP contribution in [0.2, 0.25) is 0 Å². The van der Waals surface area contributed by atoms with Gasteiger partial charge in [0.25, 0.3) is 0 Å². The molecule has 0 heterocycles. The number of hydrogen-bond donors (Lipinski definition) is 0. The predicted octanol–water partition coefficient (Wildman–Crippen LogP) is 4.03. The molecular formula is C16H18. The van der Waals surface area contributed by atoms with E-state index in [2.05, 4.69) is 36.5 Å². The van der Waals surface area contributed by atoms with Crippen molar-refractivity contribution in [3.05, 3.63) is 47.6 Å². The Hall–Kier alpha value is -1.04. The Morgan fingerprint density at radius 1 is 0.750 bits per heavy atom. The zero-order valence-electron chi connectivity index (χ0n) is 9.60. The Kier molecular flexibility index (Phi) is 1.82. The fraction of sp³-hybridized carbons (Fsp3) is 0.500. The van der Waals surface area contributed by atoms with Gasteiger partial charge in [0, 0.05) is 0 Å². The van der Waals surface area contributed by atoms with Crippen LogP contribution in [0.3, 0.4) is 0 Å². The van der Waals surface area contributed by atoms with Gasteiger partial charge in [0.05, 0.1) is 0 Å². The maximum absolute atomic E-state index is 2.39. The lowest BCUT2D eigenvalue weighted by Crippen LogP contribution is -2.39. The largest absolute Gasteiger partial charge is 0.0840 e. The van der Waals surface area contributed by atoms with E-state index in [1.807, 2.05) is 0 Å². The summed E-state index contributed by atoms with van der Waals surface area (Å²) in [5.74, 6) is 3.59. The lowest BCUT2D eigenvalue weighted by molar-refractivity contribution is 0.137. The Balaban J connectivity index is 1.87. The van der Waals surface area contributed by atoms with E-state index in [1.54, 1.807) is 11.1 Å². The van der Waals surface area contributed by atoms with Crippen molar-refractivity contribution in [2.45, 2.75) is 25.7 Å². The van der Waals surface area contributed by atoms with E-state index in [4.69, 9.17) is 0 Å². The van der Waals surface area contributed by atoms with Crippen LogP contribution in [0.5, 0.6) is 0 Å². The average molecular weight is 210 g/mol. The average Bonchev–Trinajstić information content (AvgIpc) is 2.36. The standard InChI is InChI=1S/C16H18/c1-3-11-7-9-13-5-2-6-14-10-8-12(4-1)15(11)16(13)14/h1-3,5,7,9,12,14-16H,4,6,8,10H2. The van der Waals surface area contributed by atoms with Crippen LogP contribution >= 0.6 is 0 Å². The molecule has 1 fully saturated rings. The zero-order chi connectivity index (χ0) is 10.5. The monoisotopic (exact) mass is 210 g/mol. The van der Waals surface area contributed by atoms with Gasteiger partial charge in [0.1, 0.15) is 0 Å². The maximum Gasteiger partial charge on any atom is -0.00591 e. The highest BCUT2D eigenvalue weighted by Gasteiger charge is 2.43. The third-order valence-electron chi connectivity index (χ3n) is 5.05. The molecule has 1 saturated carbocycles. The van der Waals surface area contributed by atoms with Crippen molar-refractivity contribution in [3.8, 4) is 0 Å². The van der Waals surface area contributed by atoms with Crippen molar-refractivity contribution in [2.75, 3.05) is 0 Å². The number of allylic oxidation sites excluding steroid dienone is 8. The molecule has 0 aliphatic heterocycles. The van der Waals surface area contributed by atoms with Gasteiger partial charge >= 0.3 is 0 Å². The van der Waals surface area contributed by atoms with E-state index in [1.165, 1.54) is 25.7 Å². The van der Waals surface area contributed by atoms with Crippen LogP contribution in [0.4, 0.5) is 0 Å². The highest BCUT2D eigenvalue weighted by atomic mass is 14.5. The van der Waals surface area contributed by atoms with Gasteiger partial charge in [0.2, 0.25) is 0 Å². The summed E-state index contributed by atoms with van der Waals surface area (Å²) in [7, 11) is 0. The van der Waals surface area contributed by atoms with Crippen molar-refractivity contribution < 1.29 is 0 Å². The quantitative estimate of drug-likeness (QED) is 0.566. The van der Waals surface area contributed by atoms with Gasteiger partial charge in [-0.2, -0.15) is 0 Å². The topological polar surface area (TPSA) is 0 Å². The van der Waals surface area contributed by atoms with E-state index >= 15 is 0 Å². The Labute approximate surface area is 97.4 Å². The summed E-state index contributed by atoms with van der Waals surface area (Å²) >= 11 is 0. The highest BCUT2D eigenvalue weighted by Crippen LogP contribution is 2.53. The third-order valence-corrected chi connectivity index (χ3v) is 5.05. The molecule has 0 nitrogen and oxygen atoms in total. The first kappa shape index (κ1) is 9.04. The molecule has 4 rings (SSSR count). The summed E-state index contributed by atoms with van der Waals surface area (Å²) in [6, 6.07) is 0. The molecule has 0 aromatic rings. The Bertz CT molecular complexity index is 391. The second-order valence-corrected chi connectivity index (χ2v) is 5.76. The molecule has 4 atom stereocenters. The van der Waals surface area contributed by atoms with Crippen molar-refractivity contribution in [3.63, 3.8) is 0 Å². The Morgan fingerprint density at radius 2 is 1.25 bits per heavy atom. The highest BCUT2D eigenvalue weighted by molar-refractivity contribution is 5.43. The first-order chi connectivity index (χ1) is 7.93. The first-order valence-corrected chi connectivity index (χ1v) is 6.68. The van der Waals surface area contributed by atoms with E-state index in [9.17, 15) is 0 Å². The lowest BCUT2D eigenvalue weighted by atomic mass is 9.56. The minimum absolute atomic E-state index is 0.855. The molecule has 0 N–H and O–H groups in total. The van der Waals surface area contributed by atoms with Gasteiger partial charge in [-0.15, -0.1) is 0 Å². The van der Waals surface area contributed by atoms with Crippen LogP contribution in [0.25, 0.3) is 0 Å². The minimum atomic E-state index is 0.855. The van der Waals surface area contributed by atoms with E-state index in [-0.39, 0.29) is 0 Å². The molecular weight excluding hydrogens is 192 g/mol. The summed E-state index contributed by atoms with van der Waals surface area (Å²) in [5, 5.41) is 0. The van der Waals surface area contributed by atoms with Crippen LogP contribution in [0.1, 0.15) is 25.7 Å². The van der Waals surface area contributed by atoms with Gasteiger partial charge in [-0.25, -0.2) is 0 Å². The molecule has 0 radical (unpaired) electrons. The second kappa shape index (κ2) is 3.23. The molecule has 0 saturated heterocycles. The molecule has 4 unspecified atom stereocenters. The van der Waals surface area contributed by atoms with Gasteiger partial charge < -0.3 is 0 Å². The lowest BCUT2D eigenvalue weighted by Gasteiger charge is -2.48. The van der Waals surface area contributed by atoms with Crippen molar-refractivity contribution in [1.29, 1.82) is 0 Å². The van der Waals surface area contributed by atoms with Crippen LogP contribution in [-0.2, 0) is 0 Å². The normalized spacial score (nSPS) is 43.5. The van der Waals surface area contributed by atoms with Crippen molar-refractivity contribution in [2.24, 2.45) is 23.7 Å². The van der Waals surface area contributed by atoms with Crippen molar-refractivity contribution in [1.82, 2.24) is 0 Å². The molecule has 0 aromatic heterocycles. The van der Waals surface area contributed by atoms with Crippen LogP contribution < -0.4 is 0 Å². The van der Waals surface area contributed by atoms with Crippen LogP contribution in [-0.4, -0.2) is 0 Å². The summed E-state index contributed by atoms with van der Waals surface area (Å²) in [5.41, 5.74) is 3.23. The fourth-order valence-corrected chi connectivity index (χ4v) is 4.37. The SMILES string of the molecule is C1=CC2=CC=C3C=CCC4CCC(C1)C2C34.